The SMILES string of the molecule is Cc1ccc(/C=C2/C(=O)C3CCC2C3(C)C)cc1S(=O)(=O)O. The summed E-state index contributed by atoms with van der Waals surface area (Å²) in [5, 5.41) is 0. The van der Waals surface area contributed by atoms with Crippen LogP contribution >= 0.6 is 0 Å². The Morgan fingerprint density at radius 1 is 1.23 bits per heavy atom. The van der Waals surface area contributed by atoms with Crippen molar-refractivity contribution >= 4 is 22.0 Å². The number of benzene rings is 1. The van der Waals surface area contributed by atoms with Crippen molar-refractivity contribution in [2.45, 2.75) is 38.5 Å². The first-order chi connectivity index (χ1) is 10.1. The summed E-state index contributed by atoms with van der Waals surface area (Å²) in [4.78, 5) is 12.4. The molecule has 1 aromatic rings. The van der Waals surface area contributed by atoms with E-state index in [9.17, 15) is 17.8 Å². The molecule has 22 heavy (non-hydrogen) atoms. The second kappa shape index (κ2) is 4.77. The van der Waals surface area contributed by atoms with Crippen LogP contribution in [-0.2, 0) is 14.9 Å². The zero-order valence-corrected chi connectivity index (χ0v) is 13.8. The third kappa shape index (κ3) is 2.23. The number of allylic oxidation sites excluding steroid dienone is 1. The van der Waals surface area contributed by atoms with Crippen LogP contribution in [0.2, 0.25) is 0 Å². The molecule has 0 heterocycles. The van der Waals surface area contributed by atoms with Gasteiger partial charge in [-0.25, -0.2) is 0 Å². The van der Waals surface area contributed by atoms with Crippen LogP contribution < -0.4 is 0 Å². The number of carbonyl (C=O) groups is 1. The number of hydrogen-bond donors (Lipinski definition) is 1. The quantitative estimate of drug-likeness (QED) is 0.670. The summed E-state index contributed by atoms with van der Waals surface area (Å²) in [6, 6.07) is 4.87. The summed E-state index contributed by atoms with van der Waals surface area (Å²) in [7, 11) is -4.25. The fourth-order valence-corrected chi connectivity index (χ4v) is 4.81. The van der Waals surface area contributed by atoms with Gasteiger partial charge in [-0.3, -0.25) is 9.35 Å². The summed E-state index contributed by atoms with van der Waals surface area (Å²) in [5.74, 6) is 0.506. The first kappa shape index (κ1) is 15.4. The van der Waals surface area contributed by atoms with Crippen LogP contribution in [0, 0.1) is 24.2 Å². The lowest BCUT2D eigenvalue weighted by molar-refractivity contribution is -0.119. The van der Waals surface area contributed by atoms with E-state index >= 15 is 0 Å². The van der Waals surface area contributed by atoms with Gasteiger partial charge in [-0.15, -0.1) is 0 Å². The molecule has 1 aromatic carbocycles. The highest BCUT2D eigenvalue weighted by atomic mass is 32.2. The molecule has 4 nitrogen and oxygen atoms in total. The monoisotopic (exact) mass is 320 g/mol. The van der Waals surface area contributed by atoms with E-state index in [1.54, 1.807) is 25.1 Å². The van der Waals surface area contributed by atoms with Gasteiger partial charge in [0, 0.05) is 5.92 Å². The standard InChI is InChI=1S/C17H20O4S/c1-10-4-5-11(9-15(10)22(19,20)21)8-12-13-6-7-14(16(12)18)17(13,2)3/h4-5,8-9,13-14H,6-7H2,1-3H3,(H,19,20,21)/b12-8+. The summed E-state index contributed by atoms with van der Waals surface area (Å²) in [6.07, 6.45) is 3.74. The molecule has 2 fully saturated rings. The normalized spacial score (nSPS) is 28.5. The van der Waals surface area contributed by atoms with Crippen molar-refractivity contribution in [1.82, 2.24) is 0 Å². The second-order valence-electron chi connectivity index (χ2n) is 6.97. The van der Waals surface area contributed by atoms with E-state index in [2.05, 4.69) is 13.8 Å². The first-order valence-electron chi connectivity index (χ1n) is 7.46. The van der Waals surface area contributed by atoms with E-state index in [-0.39, 0.29) is 27.9 Å². The lowest BCUT2D eigenvalue weighted by atomic mass is 9.81. The maximum absolute atomic E-state index is 12.5. The Balaban J connectivity index is 2.06. The van der Waals surface area contributed by atoms with Gasteiger partial charge in [0.15, 0.2) is 5.78 Å². The average molecular weight is 320 g/mol. The van der Waals surface area contributed by atoms with Gasteiger partial charge in [-0.1, -0.05) is 26.0 Å². The molecule has 2 aliphatic carbocycles. The van der Waals surface area contributed by atoms with Gasteiger partial charge in [0.2, 0.25) is 0 Å². The van der Waals surface area contributed by atoms with Gasteiger partial charge in [0.25, 0.3) is 10.1 Å². The van der Waals surface area contributed by atoms with Crippen molar-refractivity contribution in [2.75, 3.05) is 0 Å². The summed E-state index contributed by atoms with van der Waals surface area (Å²) < 4.78 is 32.1. The zero-order valence-electron chi connectivity index (χ0n) is 13.0. The molecule has 0 amide bonds. The van der Waals surface area contributed by atoms with Crippen LogP contribution in [0.15, 0.2) is 28.7 Å². The minimum Gasteiger partial charge on any atom is -0.294 e. The number of Topliss-reactive ketones (excluding diaryl/α,β-unsaturated/α-hetero) is 1. The maximum atomic E-state index is 12.5. The van der Waals surface area contributed by atoms with Gasteiger partial charge in [0.1, 0.15) is 0 Å². The van der Waals surface area contributed by atoms with Crippen LogP contribution in [0.25, 0.3) is 6.08 Å². The van der Waals surface area contributed by atoms with E-state index in [1.807, 2.05) is 0 Å². The van der Waals surface area contributed by atoms with E-state index in [0.717, 1.165) is 18.4 Å². The zero-order chi connectivity index (χ0) is 16.3. The third-order valence-corrected chi connectivity index (χ3v) is 6.32. The molecule has 0 spiro atoms. The molecular weight excluding hydrogens is 300 g/mol. The van der Waals surface area contributed by atoms with E-state index in [4.69, 9.17) is 0 Å². The Kier molecular flexibility index (Phi) is 3.34. The lowest BCUT2D eigenvalue weighted by Gasteiger charge is -2.22. The molecule has 0 aliphatic heterocycles. The van der Waals surface area contributed by atoms with Crippen LogP contribution in [0.5, 0.6) is 0 Å². The molecule has 0 radical (unpaired) electrons. The van der Waals surface area contributed by atoms with Crippen LogP contribution in [0.3, 0.4) is 0 Å². The van der Waals surface area contributed by atoms with Crippen LogP contribution in [0.1, 0.15) is 37.8 Å². The molecule has 2 bridgehead atoms. The average Bonchev–Trinajstić information content (AvgIpc) is 2.78. The number of rotatable bonds is 2. The molecule has 0 saturated heterocycles. The number of ketones is 1. The molecule has 2 aliphatic rings. The molecule has 2 saturated carbocycles. The Bertz CT molecular complexity index is 787. The highest BCUT2D eigenvalue weighted by molar-refractivity contribution is 7.85. The van der Waals surface area contributed by atoms with Gasteiger partial charge >= 0.3 is 0 Å². The molecule has 2 atom stereocenters. The Hall–Kier alpha value is -1.46. The number of carbonyl (C=O) groups excluding carboxylic acids is 1. The number of fused-ring (bicyclic) bond motifs is 2. The van der Waals surface area contributed by atoms with Gasteiger partial charge < -0.3 is 0 Å². The Morgan fingerprint density at radius 2 is 1.86 bits per heavy atom. The Morgan fingerprint density at radius 3 is 2.41 bits per heavy atom. The minimum atomic E-state index is -4.25. The highest BCUT2D eigenvalue weighted by Gasteiger charge is 2.55. The fourth-order valence-electron chi connectivity index (χ4n) is 4.05. The second-order valence-corrected chi connectivity index (χ2v) is 8.36. The molecular formula is C17H20O4S. The lowest BCUT2D eigenvalue weighted by Crippen LogP contribution is -2.19. The number of hydrogen-bond acceptors (Lipinski definition) is 3. The van der Waals surface area contributed by atoms with Crippen molar-refractivity contribution in [3.63, 3.8) is 0 Å². The summed E-state index contributed by atoms with van der Waals surface area (Å²) in [6.45, 7) is 5.89. The van der Waals surface area contributed by atoms with Crippen molar-refractivity contribution < 1.29 is 17.8 Å². The van der Waals surface area contributed by atoms with Gasteiger partial charge in [-0.2, -0.15) is 8.42 Å². The topological polar surface area (TPSA) is 71.4 Å². The van der Waals surface area contributed by atoms with Gasteiger partial charge in [0.05, 0.1) is 4.90 Å². The maximum Gasteiger partial charge on any atom is 0.294 e. The smallest absolute Gasteiger partial charge is 0.294 e. The van der Waals surface area contributed by atoms with Crippen molar-refractivity contribution in [3.05, 3.63) is 34.9 Å². The van der Waals surface area contributed by atoms with E-state index in [0.29, 0.717) is 11.1 Å². The predicted octanol–water partition coefficient (Wildman–Crippen LogP) is 3.26. The molecule has 2 unspecified atom stereocenters. The Labute approximate surface area is 131 Å². The first-order valence-corrected chi connectivity index (χ1v) is 8.90. The largest absolute Gasteiger partial charge is 0.294 e. The van der Waals surface area contributed by atoms with Crippen molar-refractivity contribution in [2.24, 2.45) is 17.3 Å². The third-order valence-electron chi connectivity index (χ3n) is 5.33. The van der Waals surface area contributed by atoms with E-state index < -0.39 is 10.1 Å². The summed E-state index contributed by atoms with van der Waals surface area (Å²) >= 11 is 0. The molecule has 3 rings (SSSR count). The van der Waals surface area contributed by atoms with E-state index in [1.165, 1.54) is 6.07 Å². The molecule has 5 heteroatoms. The minimum absolute atomic E-state index is 0.0144. The molecule has 1 N–H and O–H groups in total. The summed E-state index contributed by atoms with van der Waals surface area (Å²) in [5.41, 5.74) is 1.92. The predicted molar refractivity (Wildman–Crippen MR) is 84.0 cm³/mol. The highest BCUT2D eigenvalue weighted by Crippen LogP contribution is 2.58. The van der Waals surface area contributed by atoms with Gasteiger partial charge in [-0.05, 0) is 59.9 Å². The number of aryl methyl sites for hydroxylation is 1. The fraction of sp³-hybridized carbons (Fsp3) is 0.471. The molecule has 118 valence electrons. The van der Waals surface area contributed by atoms with Crippen LogP contribution in [-0.4, -0.2) is 18.8 Å². The van der Waals surface area contributed by atoms with Crippen molar-refractivity contribution in [3.8, 4) is 0 Å². The van der Waals surface area contributed by atoms with Crippen molar-refractivity contribution in [1.29, 1.82) is 0 Å². The molecule has 0 aromatic heterocycles. The van der Waals surface area contributed by atoms with Crippen LogP contribution in [0.4, 0.5) is 0 Å².